The zero-order valence-corrected chi connectivity index (χ0v) is 11.7. The zero-order chi connectivity index (χ0) is 12.4. The van der Waals surface area contributed by atoms with E-state index in [2.05, 4.69) is 15.2 Å². The third-order valence-electron chi connectivity index (χ3n) is 4.14. The van der Waals surface area contributed by atoms with Gasteiger partial charge in [-0.3, -0.25) is 9.88 Å². The average Bonchev–Trinajstić information content (AvgIpc) is 3.06. The monoisotopic (exact) mass is 267 g/mol. The van der Waals surface area contributed by atoms with Crippen LogP contribution in [0.2, 0.25) is 0 Å². The molecule has 0 bridgehead atoms. The number of aromatic nitrogens is 1. The maximum absolute atomic E-state index is 6.07. The maximum Gasteiger partial charge on any atom is 0.0858 e. The quantitative estimate of drug-likeness (QED) is 0.887. The van der Waals surface area contributed by atoms with Crippen LogP contribution in [0.3, 0.4) is 0 Å². The van der Waals surface area contributed by atoms with Crippen molar-refractivity contribution in [3.05, 3.63) is 16.6 Å². The van der Waals surface area contributed by atoms with E-state index < -0.39 is 0 Å². The summed E-state index contributed by atoms with van der Waals surface area (Å²) >= 11 is 1.73. The first-order chi connectivity index (χ1) is 8.86. The number of likely N-dealkylation sites (N-methyl/N-ethyl adjacent to an activating group) is 1. The lowest BCUT2D eigenvalue weighted by molar-refractivity contribution is -0.0633. The Kier molecular flexibility index (Phi) is 3.94. The second-order valence-corrected chi connectivity index (χ2v) is 6.20. The van der Waals surface area contributed by atoms with Crippen LogP contribution in [-0.2, 0) is 11.2 Å². The van der Waals surface area contributed by atoms with Crippen molar-refractivity contribution < 1.29 is 4.74 Å². The van der Waals surface area contributed by atoms with Crippen molar-refractivity contribution in [2.45, 2.75) is 37.5 Å². The van der Waals surface area contributed by atoms with Crippen molar-refractivity contribution in [1.82, 2.24) is 15.2 Å². The van der Waals surface area contributed by atoms with Crippen LogP contribution in [0.5, 0.6) is 0 Å². The van der Waals surface area contributed by atoms with Gasteiger partial charge in [-0.2, -0.15) is 0 Å². The van der Waals surface area contributed by atoms with Crippen LogP contribution in [0, 0.1) is 0 Å². The fourth-order valence-electron chi connectivity index (χ4n) is 3.07. The molecule has 3 heterocycles. The summed E-state index contributed by atoms with van der Waals surface area (Å²) in [6, 6.07) is 1.08. The predicted octanol–water partition coefficient (Wildman–Crippen LogP) is 1.14. The van der Waals surface area contributed by atoms with Crippen molar-refractivity contribution >= 4 is 11.3 Å². The Morgan fingerprint density at radius 2 is 2.61 bits per heavy atom. The van der Waals surface area contributed by atoms with E-state index in [-0.39, 0.29) is 0 Å². The number of fused-ring (bicyclic) bond motifs is 1. The van der Waals surface area contributed by atoms with E-state index in [0.717, 1.165) is 19.6 Å². The Morgan fingerprint density at radius 3 is 3.39 bits per heavy atom. The second-order valence-electron chi connectivity index (χ2n) is 5.23. The van der Waals surface area contributed by atoms with Crippen molar-refractivity contribution in [2.24, 2.45) is 0 Å². The van der Waals surface area contributed by atoms with Gasteiger partial charge in [0.05, 0.1) is 18.2 Å². The van der Waals surface area contributed by atoms with Crippen molar-refractivity contribution in [3.8, 4) is 0 Å². The molecule has 100 valence electrons. The fraction of sp³-hybridized carbons (Fsp3) is 0.769. The van der Waals surface area contributed by atoms with Crippen LogP contribution in [0.15, 0.2) is 11.7 Å². The van der Waals surface area contributed by atoms with Crippen LogP contribution in [-0.4, -0.2) is 54.8 Å². The molecule has 2 aliphatic heterocycles. The Balaban J connectivity index is 1.61. The summed E-state index contributed by atoms with van der Waals surface area (Å²) in [5.74, 6) is 0. The van der Waals surface area contributed by atoms with Gasteiger partial charge in [-0.15, -0.1) is 11.3 Å². The minimum Gasteiger partial charge on any atom is -0.374 e. The highest BCUT2D eigenvalue weighted by atomic mass is 32.1. The summed E-state index contributed by atoms with van der Waals surface area (Å²) in [6.07, 6.45) is 5.94. The molecule has 18 heavy (non-hydrogen) atoms. The minimum absolute atomic E-state index is 0.312. The first-order valence-electron chi connectivity index (χ1n) is 6.77. The predicted molar refractivity (Wildman–Crippen MR) is 73.0 cm³/mol. The number of morpholine rings is 1. The highest BCUT2D eigenvalue weighted by Gasteiger charge is 2.35. The lowest BCUT2D eigenvalue weighted by Crippen LogP contribution is -2.54. The molecular formula is C13H21N3OS. The third kappa shape index (κ3) is 2.59. The number of hydrogen-bond donors (Lipinski definition) is 1. The number of thiazole rings is 1. The van der Waals surface area contributed by atoms with Gasteiger partial charge in [0.15, 0.2) is 0 Å². The summed E-state index contributed by atoms with van der Waals surface area (Å²) in [4.78, 5) is 8.08. The molecule has 3 atom stereocenters. The van der Waals surface area contributed by atoms with Crippen LogP contribution < -0.4 is 5.32 Å². The first kappa shape index (κ1) is 12.5. The first-order valence-corrected chi connectivity index (χ1v) is 7.65. The van der Waals surface area contributed by atoms with Gasteiger partial charge in [0.2, 0.25) is 0 Å². The summed E-state index contributed by atoms with van der Waals surface area (Å²) in [6.45, 7) is 3.24. The van der Waals surface area contributed by atoms with Gasteiger partial charge in [-0.05, 0) is 26.4 Å². The number of ether oxygens (including phenoxy) is 1. The lowest BCUT2D eigenvalue weighted by Gasteiger charge is -2.38. The molecule has 0 aromatic carbocycles. The van der Waals surface area contributed by atoms with E-state index in [9.17, 15) is 0 Å². The lowest BCUT2D eigenvalue weighted by atomic mass is 10.0. The van der Waals surface area contributed by atoms with Gasteiger partial charge in [-0.1, -0.05) is 0 Å². The molecule has 3 unspecified atom stereocenters. The van der Waals surface area contributed by atoms with Gasteiger partial charge in [0, 0.05) is 36.1 Å². The van der Waals surface area contributed by atoms with Crippen molar-refractivity contribution in [3.63, 3.8) is 0 Å². The molecule has 4 nitrogen and oxygen atoms in total. The van der Waals surface area contributed by atoms with E-state index >= 15 is 0 Å². The van der Waals surface area contributed by atoms with E-state index in [4.69, 9.17) is 4.74 Å². The molecule has 0 saturated carbocycles. The van der Waals surface area contributed by atoms with Gasteiger partial charge in [0.25, 0.3) is 0 Å². The topological polar surface area (TPSA) is 37.4 Å². The number of hydrogen-bond acceptors (Lipinski definition) is 5. The van der Waals surface area contributed by atoms with Crippen LogP contribution >= 0.6 is 11.3 Å². The third-order valence-corrected chi connectivity index (χ3v) is 4.94. The molecule has 2 saturated heterocycles. The molecule has 5 heteroatoms. The van der Waals surface area contributed by atoms with Gasteiger partial charge in [0.1, 0.15) is 0 Å². The average molecular weight is 267 g/mol. The standard InChI is InChI=1S/C13H21N3OS/c1-14-12(5-11-6-15-9-18-11)13-7-16-4-2-3-10(16)8-17-13/h6,9-10,12-14H,2-5,7-8H2,1H3. The zero-order valence-electron chi connectivity index (χ0n) is 10.8. The molecule has 0 amide bonds. The van der Waals surface area contributed by atoms with E-state index in [1.165, 1.54) is 24.3 Å². The molecule has 1 N–H and O–H groups in total. The summed E-state index contributed by atoms with van der Waals surface area (Å²) in [7, 11) is 2.03. The summed E-state index contributed by atoms with van der Waals surface area (Å²) in [5.41, 5.74) is 1.90. The SMILES string of the molecule is CNC(Cc1cncs1)C1CN2CCCC2CO1. The number of nitrogens with one attached hydrogen (secondary N) is 1. The molecule has 0 aliphatic carbocycles. The largest absolute Gasteiger partial charge is 0.374 e. The molecule has 0 spiro atoms. The molecule has 2 fully saturated rings. The van der Waals surface area contributed by atoms with Gasteiger partial charge >= 0.3 is 0 Å². The molecule has 1 aromatic heterocycles. The fourth-order valence-corrected chi connectivity index (χ4v) is 3.72. The molecule has 0 radical (unpaired) electrons. The molecule has 3 rings (SSSR count). The molecule has 1 aromatic rings. The van der Waals surface area contributed by atoms with E-state index in [1.54, 1.807) is 11.3 Å². The van der Waals surface area contributed by atoms with Gasteiger partial charge < -0.3 is 10.1 Å². The Hall–Kier alpha value is -0.490. The van der Waals surface area contributed by atoms with Crippen LogP contribution in [0.1, 0.15) is 17.7 Å². The van der Waals surface area contributed by atoms with Crippen molar-refractivity contribution in [2.75, 3.05) is 26.7 Å². The highest BCUT2D eigenvalue weighted by Crippen LogP contribution is 2.24. The number of nitrogens with zero attached hydrogens (tertiary/aromatic N) is 2. The normalized spacial score (nSPS) is 30.3. The molecule has 2 aliphatic rings. The minimum atomic E-state index is 0.312. The van der Waals surface area contributed by atoms with E-state index in [0.29, 0.717) is 18.2 Å². The van der Waals surface area contributed by atoms with Crippen molar-refractivity contribution in [1.29, 1.82) is 0 Å². The second kappa shape index (κ2) is 5.65. The van der Waals surface area contributed by atoms with Crippen LogP contribution in [0.4, 0.5) is 0 Å². The summed E-state index contributed by atoms with van der Waals surface area (Å²) in [5, 5.41) is 3.42. The Morgan fingerprint density at radius 1 is 1.67 bits per heavy atom. The molecular weight excluding hydrogens is 246 g/mol. The summed E-state index contributed by atoms with van der Waals surface area (Å²) < 4.78 is 6.07. The highest BCUT2D eigenvalue weighted by molar-refractivity contribution is 7.09. The van der Waals surface area contributed by atoms with Crippen LogP contribution in [0.25, 0.3) is 0 Å². The maximum atomic E-state index is 6.07. The number of rotatable bonds is 4. The Bertz CT molecular complexity index is 370. The smallest absolute Gasteiger partial charge is 0.0858 e. The van der Waals surface area contributed by atoms with E-state index in [1.807, 2.05) is 18.8 Å². The van der Waals surface area contributed by atoms with Gasteiger partial charge in [-0.25, -0.2) is 0 Å². The Labute approximate surface area is 112 Å².